The van der Waals surface area contributed by atoms with E-state index in [1.165, 1.54) is 50.5 Å². The second kappa shape index (κ2) is 11.7. The highest BCUT2D eigenvalue weighted by molar-refractivity contribution is 5.20. The third-order valence-corrected chi connectivity index (χ3v) is 3.64. The Bertz CT molecular complexity index is 331. The van der Waals surface area contributed by atoms with Gasteiger partial charge in [0.2, 0.25) is 0 Å². The normalized spacial score (nSPS) is 12.2. The molecule has 1 unspecified atom stereocenters. The van der Waals surface area contributed by atoms with Crippen molar-refractivity contribution < 1.29 is 4.74 Å². The fraction of sp³-hybridized carbons (Fsp3) is 0.579. The van der Waals surface area contributed by atoms with Gasteiger partial charge in [-0.3, -0.25) is 0 Å². The van der Waals surface area contributed by atoms with Crippen molar-refractivity contribution in [1.82, 2.24) is 0 Å². The minimum Gasteiger partial charge on any atom is -0.369 e. The number of unbranched alkanes of at least 4 members (excludes halogenated alkanes) is 7. The molecule has 0 saturated heterocycles. The van der Waals surface area contributed by atoms with E-state index in [9.17, 15) is 0 Å². The van der Waals surface area contributed by atoms with Gasteiger partial charge in [-0.25, -0.2) is 0 Å². The van der Waals surface area contributed by atoms with Gasteiger partial charge < -0.3 is 4.74 Å². The van der Waals surface area contributed by atoms with E-state index >= 15 is 0 Å². The molecule has 112 valence electrons. The highest BCUT2D eigenvalue weighted by Gasteiger charge is 2.06. The van der Waals surface area contributed by atoms with E-state index in [4.69, 9.17) is 4.74 Å². The Balaban J connectivity index is 2.04. The van der Waals surface area contributed by atoms with Crippen LogP contribution in [0.3, 0.4) is 0 Å². The van der Waals surface area contributed by atoms with Gasteiger partial charge in [-0.05, 0) is 12.0 Å². The molecule has 1 nitrogen and oxygen atoms in total. The van der Waals surface area contributed by atoms with E-state index in [-0.39, 0.29) is 6.10 Å². The average Bonchev–Trinajstić information content (AvgIpc) is 2.50. The molecular weight excluding hydrogens is 244 g/mol. The van der Waals surface area contributed by atoms with E-state index in [0.29, 0.717) is 0 Å². The summed E-state index contributed by atoms with van der Waals surface area (Å²) in [6.07, 6.45) is 12.6. The van der Waals surface area contributed by atoms with Crippen molar-refractivity contribution in [3.8, 4) is 0 Å². The van der Waals surface area contributed by atoms with E-state index in [0.717, 1.165) is 13.0 Å². The van der Waals surface area contributed by atoms with Crippen LogP contribution in [0.5, 0.6) is 0 Å². The summed E-state index contributed by atoms with van der Waals surface area (Å²) in [5, 5.41) is 0. The molecule has 0 heterocycles. The van der Waals surface area contributed by atoms with Gasteiger partial charge in [0.05, 0.1) is 0 Å². The first-order chi connectivity index (χ1) is 9.88. The molecule has 1 aromatic rings. The van der Waals surface area contributed by atoms with E-state index in [1.54, 1.807) is 0 Å². The topological polar surface area (TPSA) is 9.23 Å². The van der Waals surface area contributed by atoms with Gasteiger partial charge in [-0.2, -0.15) is 0 Å². The third-order valence-electron chi connectivity index (χ3n) is 3.64. The van der Waals surface area contributed by atoms with Crippen molar-refractivity contribution >= 4 is 0 Å². The van der Waals surface area contributed by atoms with Gasteiger partial charge in [0, 0.05) is 6.61 Å². The molecule has 0 aromatic heterocycles. The average molecular weight is 274 g/mol. The predicted octanol–water partition coefficient (Wildman–Crippen LogP) is 6.07. The Labute approximate surface area is 125 Å². The summed E-state index contributed by atoms with van der Waals surface area (Å²) in [5.41, 5.74) is 1.20. The van der Waals surface area contributed by atoms with Crippen molar-refractivity contribution in [3.63, 3.8) is 0 Å². The SMILES string of the molecule is C=CC(OCCCCCCCCCC)c1ccccc1. The summed E-state index contributed by atoms with van der Waals surface area (Å²) >= 11 is 0. The van der Waals surface area contributed by atoms with E-state index < -0.39 is 0 Å². The molecular formula is C19H30O. The Morgan fingerprint density at radius 1 is 0.950 bits per heavy atom. The molecule has 0 aliphatic rings. The van der Waals surface area contributed by atoms with Crippen LogP contribution in [0.1, 0.15) is 70.0 Å². The second-order valence-electron chi connectivity index (χ2n) is 5.41. The van der Waals surface area contributed by atoms with Gasteiger partial charge in [0.25, 0.3) is 0 Å². The van der Waals surface area contributed by atoms with Crippen molar-refractivity contribution in [2.24, 2.45) is 0 Å². The Kier molecular flexibility index (Phi) is 9.95. The third kappa shape index (κ3) is 7.49. The van der Waals surface area contributed by atoms with Crippen LogP contribution in [0, 0.1) is 0 Å². The van der Waals surface area contributed by atoms with E-state index in [2.05, 4.69) is 25.6 Å². The molecule has 1 heteroatoms. The maximum Gasteiger partial charge on any atom is 0.100 e. The van der Waals surface area contributed by atoms with Gasteiger partial charge in [-0.1, -0.05) is 88.3 Å². The molecule has 0 bridgehead atoms. The molecule has 0 spiro atoms. The van der Waals surface area contributed by atoms with Crippen LogP contribution in [-0.4, -0.2) is 6.61 Å². The lowest BCUT2D eigenvalue weighted by Gasteiger charge is -2.14. The van der Waals surface area contributed by atoms with Crippen molar-refractivity contribution in [3.05, 3.63) is 48.6 Å². The summed E-state index contributed by atoms with van der Waals surface area (Å²) in [6, 6.07) is 10.3. The molecule has 0 saturated carbocycles. The van der Waals surface area contributed by atoms with Gasteiger partial charge in [0.15, 0.2) is 0 Å². The molecule has 1 aromatic carbocycles. The first-order valence-corrected chi connectivity index (χ1v) is 8.17. The van der Waals surface area contributed by atoms with Gasteiger partial charge in [-0.15, -0.1) is 6.58 Å². The summed E-state index contributed by atoms with van der Waals surface area (Å²) in [7, 11) is 0. The van der Waals surface area contributed by atoms with Crippen LogP contribution >= 0.6 is 0 Å². The predicted molar refractivity (Wildman–Crippen MR) is 87.9 cm³/mol. The number of hydrogen-bond acceptors (Lipinski definition) is 1. The standard InChI is InChI=1S/C19H30O/c1-3-5-6-7-8-9-10-14-17-20-19(4-2)18-15-12-11-13-16-18/h4,11-13,15-16,19H,2-3,5-10,14,17H2,1H3. The fourth-order valence-corrected chi connectivity index (χ4v) is 2.39. The van der Waals surface area contributed by atoms with Crippen molar-refractivity contribution in [2.75, 3.05) is 6.61 Å². The largest absolute Gasteiger partial charge is 0.369 e. The highest BCUT2D eigenvalue weighted by atomic mass is 16.5. The van der Waals surface area contributed by atoms with Crippen LogP contribution in [0.4, 0.5) is 0 Å². The Hall–Kier alpha value is -1.08. The monoisotopic (exact) mass is 274 g/mol. The van der Waals surface area contributed by atoms with Crippen LogP contribution in [0.2, 0.25) is 0 Å². The maximum atomic E-state index is 5.90. The van der Waals surface area contributed by atoms with E-state index in [1.807, 2.05) is 24.3 Å². The smallest absolute Gasteiger partial charge is 0.100 e. The summed E-state index contributed by atoms with van der Waals surface area (Å²) in [5.74, 6) is 0. The lowest BCUT2D eigenvalue weighted by atomic mass is 10.1. The lowest BCUT2D eigenvalue weighted by Crippen LogP contribution is -2.02. The van der Waals surface area contributed by atoms with Crippen molar-refractivity contribution in [2.45, 2.75) is 64.4 Å². The fourth-order valence-electron chi connectivity index (χ4n) is 2.39. The molecule has 20 heavy (non-hydrogen) atoms. The van der Waals surface area contributed by atoms with Crippen molar-refractivity contribution in [1.29, 1.82) is 0 Å². The van der Waals surface area contributed by atoms with Gasteiger partial charge >= 0.3 is 0 Å². The van der Waals surface area contributed by atoms with Crippen LogP contribution in [-0.2, 0) is 4.74 Å². The molecule has 0 aliphatic carbocycles. The summed E-state index contributed by atoms with van der Waals surface area (Å²) < 4.78 is 5.90. The van der Waals surface area contributed by atoms with Crippen LogP contribution in [0.25, 0.3) is 0 Å². The zero-order valence-electron chi connectivity index (χ0n) is 13.0. The highest BCUT2D eigenvalue weighted by Crippen LogP contribution is 2.18. The summed E-state index contributed by atoms with van der Waals surface area (Å²) in [6.45, 7) is 6.97. The zero-order valence-corrected chi connectivity index (χ0v) is 13.0. The lowest BCUT2D eigenvalue weighted by molar-refractivity contribution is 0.0821. The second-order valence-corrected chi connectivity index (χ2v) is 5.41. The Morgan fingerprint density at radius 2 is 1.55 bits per heavy atom. The first-order valence-electron chi connectivity index (χ1n) is 8.17. The van der Waals surface area contributed by atoms with Crippen LogP contribution < -0.4 is 0 Å². The molecule has 0 aliphatic heterocycles. The molecule has 0 amide bonds. The molecule has 1 atom stereocenters. The molecule has 0 radical (unpaired) electrons. The Morgan fingerprint density at radius 3 is 2.15 bits per heavy atom. The molecule has 1 rings (SSSR count). The number of benzene rings is 1. The first kappa shape index (κ1) is 17.0. The molecule has 0 fully saturated rings. The summed E-state index contributed by atoms with van der Waals surface area (Å²) in [4.78, 5) is 0. The quantitative estimate of drug-likeness (QED) is 0.332. The number of hydrogen-bond donors (Lipinski definition) is 0. The number of rotatable bonds is 12. The van der Waals surface area contributed by atoms with Crippen LogP contribution in [0.15, 0.2) is 43.0 Å². The number of ether oxygens (including phenoxy) is 1. The zero-order chi connectivity index (χ0) is 14.5. The minimum absolute atomic E-state index is 0.0424. The molecule has 0 N–H and O–H groups in total. The maximum absolute atomic E-state index is 5.90. The van der Waals surface area contributed by atoms with Gasteiger partial charge in [0.1, 0.15) is 6.10 Å². The minimum atomic E-state index is 0.0424.